The van der Waals surface area contributed by atoms with E-state index in [0.717, 1.165) is 35.5 Å². The highest BCUT2D eigenvalue weighted by atomic mass is 32.1. The lowest BCUT2D eigenvalue weighted by Gasteiger charge is -2.35. The zero-order valence-corrected chi connectivity index (χ0v) is 23.6. The molecule has 7 nitrogen and oxygen atoms in total. The number of aryl methyl sites for hydroxylation is 1. The van der Waals surface area contributed by atoms with Gasteiger partial charge in [0.1, 0.15) is 11.9 Å². The van der Waals surface area contributed by atoms with Gasteiger partial charge < -0.3 is 19.7 Å². The smallest absolute Gasteiger partial charge is 0.309 e. The first-order valence-corrected chi connectivity index (χ1v) is 14.0. The molecule has 0 radical (unpaired) electrons. The van der Waals surface area contributed by atoms with Crippen LogP contribution in [0.5, 0.6) is 0 Å². The summed E-state index contributed by atoms with van der Waals surface area (Å²) in [6.07, 6.45) is 2.49. The summed E-state index contributed by atoms with van der Waals surface area (Å²) in [4.78, 5) is 30.9. The van der Waals surface area contributed by atoms with Crippen molar-refractivity contribution in [1.82, 2.24) is 4.98 Å². The van der Waals surface area contributed by atoms with E-state index in [-0.39, 0.29) is 29.8 Å². The van der Waals surface area contributed by atoms with Gasteiger partial charge in [-0.05, 0) is 57.6 Å². The quantitative estimate of drug-likeness (QED) is 0.431. The van der Waals surface area contributed by atoms with Crippen molar-refractivity contribution in [3.8, 4) is 0 Å². The second kappa shape index (κ2) is 11.4. The van der Waals surface area contributed by atoms with Crippen LogP contribution in [0.1, 0.15) is 90.8 Å². The average molecular weight is 522 g/mol. The van der Waals surface area contributed by atoms with Crippen molar-refractivity contribution >= 4 is 29.2 Å². The number of thiazole rings is 1. The van der Waals surface area contributed by atoms with Crippen molar-refractivity contribution in [3.63, 3.8) is 0 Å². The number of rotatable bonds is 3. The molecular weight excluding hydrogens is 478 g/mol. The first-order chi connectivity index (χ1) is 16.8. The number of nitrogens with zero attached hydrogens (tertiary/aromatic N) is 1. The van der Waals surface area contributed by atoms with E-state index in [4.69, 9.17) is 9.47 Å². The maximum atomic E-state index is 13.4. The Labute approximate surface area is 219 Å². The normalized spacial score (nSPS) is 36.8. The second-order valence-corrected chi connectivity index (χ2v) is 12.6. The molecule has 1 aromatic heterocycles. The van der Waals surface area contributed by atoms with Crippen LogP contribution in [0.4, 0.5) is 0 Å². The van der Waals surface area contributed by atoms with Crippen molar-refractivity contribution in [2.24, 2.45) is 17.3 Å². The van der Waals surface area contributed by atoms with Crippen LogP contribution in [-0.2, 0) is 19.1 Å². The summed E-state index contributed by atoms with van der Waals surface area (Å²) in [5.41, 5.74) is 0.183. The Morgan fingerprint density at radius 1 is 1.28 bits per heavy atom. The van der Waals surface area contributed by atoms with Gasteiger partial charge in [-0.2, -0.15) is 0 Å². The monoisotopic (exact) mass is 521 g/mol. The van der Waals surface area contributed by atoms with Gasteiger partial charge in [0.2, 0.25) is 0 Å². The second-order valence-electron chi connectivity index (χ2n) is 11.5. The number of aliphatic hydroxyl groups is 2. The standard InChI is InChI=1S/C28H43NO6S/c1-8-20-25(32)16(2)10-9-11-28(7)23(35-28)13-21(17(3)12-19-15-36-18(4)29-19)34-24(31)14-22(30)27(5,6)26(20)33/h12,15-16,20-23,25,30,32H,8-11,13-14H2,1-7H3/b17-12+/t16-,20+,21-,22-,23?,25-,28?/m0/s1. The van der Waals surface area contributed by atoms with E-state index in [1.54, 1.807) is 25.2 Å². The average Bonchev–Trinajstić information content (AvgIpc) is 3.24. The number of epoxide rings is 1. The van der Waals surface area contributed by atoms with Crippen LogP contribution in [0, 0.1) is 24.2 Å². The summed E-state index contributed by atoms with van der Waals surface area (Å²) in [5.74, 6) is -1.45. The van der Waals surface area contributed by atoms with Gasteiger partial charge in [0.25, 0.3) is 0 Å². The summed E-state index contributed by atoms with van der Waals surface area (Å²) >= 11 is 1.56. The van der Waals surface area contributed by atoms with Crippen molar-refractivity contribution in [2.75, 3.05) is 0 Å². The minimum atomic E-state index is -1.23. The lowest BCUT2D eigenvalue weighted by atomic mass is 9.71. The Morgan fingerprint density at radius 2 is 1.97 bits per heavy atom. The van der Waals surface area contributed by atoms with Gasteiger partial charge in [0, 0.05) is 17.7 Å². The minimum absolute atomic E-state index is 0.0460. The number of cyclic esters (lactones) is 1. The van der Waals surface area contributed by atoms with Gasteiger partial charge in [-0.1, -0.05) is 34.1 Å². The maximum absolute atomic E-state index is 13.4. The van der Waals surface area contributed by atoms with Crippen LogP contribution in [-0.4, -0.2) is 57.0 Å². The van der Waals surface area contributed by atoms with E-state index in [2.05, 4.69) is 11.9 Å². The van der Waals surface area contributed by atoms with Crippen molar-refractivity contribution in [2.45, 2.75) is 117 Å². The molecule has 0 aliphatic carbocycles. The van der Waals surface area contributed by atoms with Crippen molar-refractivity contribution in [3.05, 3.63) is 21.7 Å². The van der Waals surface area contributed by atoms with Gasteiger partial charge in [-0.3, -0.25) is 9.59 Å². The summed E-state index contributed by atoms with van der Waals surface area (Å²) in [5, 5.41) is 24.9. The molecule has 3 rings (SSSR count). The molecule has 0 aromatic carbocycles. The predicted molar refractivity (Wildman–Crippen MR) is 140 cm³/mol. The number of aliphatic hydroxyl groups excluding tert-OH is 2. The molecule has 0 amide bonds. The van der Waals surface area contributed by atoms with E-state index < -0.39 is 35.6 Å². The fourth-order valence-corrected chi connectivity index (χ4v) is 5.86. The van der Waals surface area contributed by atoms with Gasteiger partial charge in [0.15, 0.2) is 0 Å². The topological polar surface area (TPSA) is 109 Å². The van der Waals surface area contributed by atoms with Crippen LogP contribution in [0.2, 0.25) is 0 Å². The molecule has 202 valence electrons. The van der Waals surface area contributed by atoms with Gasteiger partial charge in [-0.25, -0.2) is 4.98 Å². The number of hydrogen-bond donors (Lipinski definition) is 2. The van der Waals surface area contributed by atoms with Gasteiger partial charge >= 0.3 is 5.97 Å². The highest BCUT2D eigenvalue weighted by Crippen LogP contribution is 2.45. The number of hydrogen-bond acceptors (Lipinski definition) is 8. The molecule has 2 fully saturated rings. The number of fused-ring (bicyclic) bond motifs is 1. The molecular formula is C28H43NO6S. The Bertz CT molecular complexity index is 971. The van der Waals surface area contributed by atoms with E-state index in [0.29, 0.717) is 12.8 Å². The molecule has 3 heterocycles. The molecule has 2 unspecified atom stereocenters. The van der Waals surface area contributed by atoms with Crippen molar-refractivity contribution < 1.29 is 29.3 Å². The Hall–Kier alpha value is -1.61. The third-order valence-corrected chi connectivity index (χ3v) is 8.98. The largest absolute Gasteiger partial charge is 0.458 e. The number of ether oxygens (including phenoxy) is 2. The number of esters is 1. The molecule has 2 N–H and O–H groups in total. The minimum Gasteiger partial charge on any atom is -0.458 e. The van der Waals surface area contributed by atoms with Crippen LogP contribution in [0.3, 0.4) is 0 Å². The first-order valence-electron chi connectivity index (χ1n) is 13.2. The van der Waals surface area contributed by atoms with E-state index in [1.165, 1.54) is 0 Å². The van der Waals surface area contributed by atoms with Crippen molar-refractivity contribution in [1.29, 1.82) is 0 Å². The fourth-order valence-electron chi connectivity index (χ4n) is 5.29. The third kappa shape index (κ3) is 6.63. The lowest BCUT2D eigenvalue weighted by molar-refractivity contribution is -0.154. The number of ketones is 1. The molecule has 36 heavy (non-hydrogen) atoms. The lowest BCUT2D eigenvalue weighted by Crippen LogP contribution is -2.46. The SMILES string of the molecule is CC[C@H]1C(=O)C(C)(C)[C@@H](O)CC(=O)O[C@H](/C(C)=C/c2csc(C)n2)CC2OC2(C)CCC[C@H](C)[C@@H]1O. The number of carbonyl (C=O) groups excluding carboxylic acids is 2. The summed E-state index contributed by atoms with van der Waals surface area (Å²) in [7, 11) is 0. The van der Waals surface area contributed by atoms with Gasteiger partial charge in [0.05, 0.1) is 46.5 Å². The predicted octanol–water partition coefficient (Wildman–Crippen LogP) is 4.87. The Morgan fingerprint density at radius 3 is 2.58 bits per heavy atom. The van der Waals surface area contributed by atoms with E-state index >= 15 is 0 Å². The Kier molecular flexibility index (Phi) is 9.18. The molecule has 2 aliphatic rings. The van der Waals surface area contributed by atoms with E-state index in [9.17, 15) is 19.8 Å². The first kappa shape index (κ1) is 29.0. The molecule has 8 heteroatoms. The molecule has 0 saturated carbocycles. The molecule has 0 spiro atoms. The zero-order valence-electron chi connectivity index (χ0n) is 22.7. The highest BCUT2D eigenvalue weighted by Gasteiger charge is 2.53. The Balaban J connectivity index is 1.87. The van der Waals surface area contributed by atoms with Crippen LogP contribution >= 0.6 is 11.3 Å². The molecule has 0 bridgehead atoms. The highest BCUT2D eigenvalue weighted by molar-refractivity contribution is 7.09. The van der Waals surface area contributed by atoms with E-state index in [1.807, 2.05) is 39.2 Å². The number of aromatic nitrogens is 1. The maximum Gasteiger partial charge on any atom is 0.309 e. The fraction of sp³-hybridized carbons (Fsp3) is 0.750. The summed E-state index contributed by atoms with van der Waals surface area (Å²) in [6.45, 7) is 13.1. The summed E-state index contributed by atoms with van der Waals surface area (Å²) < 4.78 is 12.0. The molecule has 2 saturated heterocycles. The van der Waals surface area contributed by atoms with Gasteiger partial charge in [-0.15, -0.1) is 11.3 Å². The molecule has 2 aliphatic heterocycles. The van der Waals surface area contributed by atoms with Crippen LogP contribution in [0.15, 0.2) is 11.0 Å². The number of carbonyl (C=O) groups is 2. The van der Waals surface area contributed by atoms with Crippen LogP contribution in [0.25, 0.3) is 6.08 Å². The molecule has 1 aromatic rings. The summed E-state index contributed by atoms with van der Waals surface area (Å²) in [6, 6.07) is 0. The molecule has 7 atom stereocenters. The number of Topliss-reactive ketones (excluding diaryl/α,β-unsaturated/α-hetero) is 1. The van der Waals surface area contributed by atoms with Crippen LogP contribution < -0.4 is 0 Å². The third-order valence-electron chi connectivity index (χ3n) is 8.19. The zero-order chi connectivity index (χ0) is 26.8.